The van der Waals surface area contributed by atoms with Gasteiger partial charge in [-0.05, 0) is 32.0 Å². The van der Waals surface area contributed by atoms with Gasteiger partial charge in [0.05, 0.1) is 21.8 Å². The van der Waals surface area contributed by atoms with E-state index in [-0.39, 0.29) is 5.78 Å². The molecule has 3 N–H and O–H groups in total. The minimum atomic E-state index is -0.00427. The Hall–Kier alpha value is -3.65. The zero-order chi connectivity index (χ0) is 20.4. The van der Waals surface area contributed by atoms with Crippen LogP contribution in [0.3, 0.4) is 0 Å². The fourth-order valence-corrected chi connectivity index (χ4v) is 4.13. The number of Topliss-reactive ketones (excluding diaryl/α,β-unsaturated/α-hetero) is 1. The maximum atomic E-state index is 11.9. The Morgan fingerprint density at radius 3 is 2.62 bits per heavy atom. The van der Waals surface area contributed by atoms with Gasteiger partial charge in [-0.25, -0.2) is 9.97 Å². The highest BCUT2D eigenvalue weighted by Gasteiger charge is 2.21. The van der Waals surface area contributed by atoms with E-state index < -0.39 is 0 Å². The number of nitrogens with one attached hydrogen (secondary N) is 1. The summed E-state index contributed by atoms with van der Waals surface area (Å²) in [7, 11) is 0. The van der Waals surface area contributed by atoms with E-state index in [1.165, 1.54) is 17.7 Å². The molecule has 0 aliphatic heterocycles. The van der Waals surface area contributed by atoms with Crippen LogP contribution in [0.1, 0.15) is 34.9 Å². The van der Waals surface area contributed by atoms with E-state index >= 15 is 0 Å². The van der Waals surface area contributed by atoms with Crippen LogP contribution in [0.4, 0.5) is 0 Å². The summed E-state index contributed by atoms with van der Waals surface area (Å²) in [5, 5.41) is 7.59. The molecule has 0 spiro atoms. The highest BCUT2D eigenvalue weighted by atomic mass is 32.1. The third-order valence-corrected chi connectivity index (χ3v) is 5.41. The molecule has 3 aromatic heterocycles. The van der Waals surface area contributed by atoms with E-state index in [2.05, 4.69) is 20.2 Å². The first-order valence-electron chi connectivity index (χ1n) is 8.90. The number of aromatic amines is 1. The molecular weight excluding hydrogens is 384 g/mol. The first kappa shape index (κ1) is 18.7. The molecule has 0 aliphatic rings. The summed E-state index contributed by atoms with van der Waals surface area (Å²) in [4.78, 5) is 26.3. The third-order valence-electron chi connectivity index (χ3n) is 4.33. The van der Waals surface area contributed by atoms with Crippen LogP contribution in [0.15, 0.2) is 60.7 Å². The van der Waals surface area contributed by atoms with Crippen molar-refractivity contribution in [3.05, 3.63) is 77.0 Å². The van der Waals surface area contributed by atoms with Crippen molar-refractivity contribution in [3.8, 4) is 22.0 Å². The lowest BCUT2D eigenvalue weighted by Crippen LogP contribution is -2.01. The Balaban J connectivity index is 1.93. The van der Waals surface area contributed by atoms with Gasteiger partial charge in [0, 0.05) is 23.0 Å². The molecule has 0 fully saturated rings. The number of rotatable bonds is 5. The lowest BCUT2D eigenvalue weighted by molar-refractivity contribution is 0.101. The maximum absolute atomic E-state index is 11.9. The van der Waals surface area contributed by atoms with Crippen LogP contribution in [0.2, 0.25) is 0 Å². The van der Waals surface area contributed by atoms with Crippen molar-refractivity contribution < 1.29 is 4.79 Å². The Morgan fingerprint density at radius 2 is 1.97 bits per heavy atom. The number of nitrogens with two attached hydrogens (primary N) is 1. The van der Waals surface area contributed by atoms with Crippen molar-refractivity contribution in [1.29, 1.82) is 0 Å². The molecular formula is C21H18N6OS. The summed E-state index contributed by atoms with van der Waals surface area (Å²) in [6.07, 6.45) is 3.18. The van der Waals surface area contributed by atoms with Crippen molar-refractivity contribution in [2.45, 2.75) is 13.8 Å². The smallest absolute Gasteiger partial charge is 0.167 e. The van der Waals surface area contributed by atoms with E-state index in [1.807, 2.05) is 43.3 Å². The van der Waals surface area contributed by atoms with Crippen LogP contribution in [0.25, 0.3) is 27.5 Å². The van der Waals surface area contributed by atoms with Gasteiger partial charge in [0.2, 0.25) is 0 Å². The largest absolute Gasteiger partial charge is 0.402 e. The lowest BCUT2D eigenvalue weighted by atomic mass is 10.0. The number of allylic oxidation sites excluding steroid dienone is 1. The summed E-state index contributed by atoms with van der Waals surface area (Å²) < 4.78 is 0. The molecule has 0 aliphatic carbocycles. The molecule has 29 heavy (non-hydrogen) atoms. The number of pyridine rings is 1. The van der Waals surface area contributed by atoms with Crippen molar-refractivity contribution in [1.82, 2.24) is 25.1 Å². The third kappa shape index (κ3) is 3.70. The van der Waals surface area contributed by atoms with Gasteiger partial charge in [0.25, 0.3) is 0 Å². The Bertz CT molecular complexity index is 1190. The molecule has 1 aromatic carbocycles. The highest BCUT2D eigenvalue weighted by Crippen LogP contribution is 2.39. The zero-order valence-electron chi connectivity index (χ0n) is 15.9. The quantitative estimate of drug-likeness (QED) is 0.489. The fourth-order valence-electron chi connectivity index (χ4n) is 2.97. The lowest BCUT2D eigenvalue weighted by Gasteiger charge is -2.06. The van der Waals surface area contributed by atoms with E-state index in [0.29, 0.717) is 22.8 Å². The molecule has 3 heterocycles. The van der Waals surface area contributed by atoms with Gasteiger partial charge in [0.15, 0.2) is 11.6 Å². The molecule has 0 radical (unpaired) electrons. The van der Waals surface area contributed by atoms with E-state index in [9.17, 15) is 4.79 Å². The summed E-state index contributed by atoms with van der Waals surface area (Å²) >= 11 is 1.45. The van der Waals surface area contributed by atoms with Gasteiger partial charge in [-0.1, -0.05) is 24.3 Å². The first-order valence-corrected chi connectivity index (χ1v) is 9.72. The maximum Gasteiger partial charge on any atom is 0.167 e. The first-order chi connectivity index (χ1) is 14.0. The molecule has 0 saturated carbocycles. The van der Waals surface area contributed by atoms with Crippen molar-refractivity contribution in [2.24, 2.45) is 5.73 Å². The number of benzene rings is 1. The molecule has 7 nitrogen and oxygen atoms in total. The van der Waals surface area contributed by atoms with Crippen LogP contribution in [0.5, 0.6) is 0 Å². The summed E-state index contributed by atoms with van der Waals surface area (Å²) in [5.41, 5.74) is 10.5. The minimum absolute atomic E-state index is 0.00427. The predicted molar refractivity (Wildman–Crippen MR) is 113 cm³/mol. The Labute approximate surface area is 171 Å². The van der Waals surface area contributed by atoms with Gasteiger partial charge in [0.1, 0.15) is 11.3 Å². The van der Waals surface area contributed by atoms with Crippen LogP contribution in [0, 0.1) is 0 Å². The average molecular weight is 402 g/mol. The number of ketones is 1. The summed E-state index contributed by atoms with van der Waals surface area (Å²) in [6.45, 7) is 3.37. The van der Waals surface area contributed by atoms with E-state index in [0.717, 1.165) is 26.7 Å². The summed E-state index contributed by atoms with van der Waals surface area (Å²) in [6, 6.07) is 13.1. The molecule has 0 bridgehead atoms. The highest BCUT2D eigenvalue weighted by molar-refractivity contribution is 7.16. The second-order valence-corrected chi connectivity index (χ2v) is 7.44. The van der Waals surface area contributed by atoms with Gasteiger partial charge < -0.3 is 5.73 Å². The van der Waals surface area contributed by atoms with E-state index in [1.54, 1.807) is 19.2 Å². The number of hydrogen-bond acceptors (Lipinski definition) is 7. The zero-order valence-corrected chi connectivity index (χ0v) is 16.7. The van der Waals surface area contributed by atoms with Crippen molar-refractivity contribution >= 4 is 22.7 Å². The number of nitrogens with zero attached hydrogens (tertiary/aromatic N) is 4. The SMILES string of the molecule is CC(=O)c1cccc(-c2nc(C(=C(C)N)c3ccccn3)sc2-c2ncn[nH]2)c1. The molecule has 4 rings (SSSR count). The van der Waals surface area contributed by atoms with E-state index in [4.69, 9.17) is 10.7 Å². The van der Waals surface area contributed by atoms with Crippen molar-refractivity contribution in [2.75, 3.05) is 0 Å². The number of carbonyl (C=O) groups is 1. The van der Waals surface area contributed by atoms with Gasteiger partial charge in [-0.2, -0.15) is 5.10 Å². The van der Waals surface area contributed by atoms with Gasteiger partial charge in [-0.3, -0.25) is 14.9 Å². The number of aromatic nitrogens is 5. The van der Waals surface area contributed by atoms with Gasteiger partial charge >= 0.3 is 0 Å². The predicted octanol–water partition coefficient (Wildman–Crippen LogP) is 3.93. The van der Waals surface area contributed by atoms with Crippen LogP contribution >= 0.6 is 11.3 Å². The second-order valence-electron chi connectivity index (χ2n) is 6.44. The number of H-pyrrole nitrogens is 1. The molecule has 0 atom stereocenters. The molecule has 4 aromatic rings. The van der Waals surface area contributed by atoms with Crippen molar-refractivity contribution in [3.63, 3.8) is 0 Å². The topological polar surface area (TPSA) is 110 Å². The number of carbonyl (C=O) groups excluding carboxylic acids is 1. The Morgan fingerprint density at radius 1 is 1.10 bits per heavy atom. The summed E-state index contributed by atoms with van der Waals surface area (Å²) in [5.74, 6) is 0.599. The van der Waals surface area contributed by atoms with Crippen LogP contribution < -0.4 is 5.73 Å². The van der Waals surface area contributed by atoms with Crippen LogP contribution in [-0.4, -0.2) is 30.9 Å². The average Bonchev–Trinajstić information content (AvgIpc) is 3.39. The minimum Gasteiger partial charge on any atom is -0.402 e. The number of thiazole rings is 1. The normalized spacial score (nSPS) is 11.9. The number of hydrogen-bond donors (Lipinski definition) is 2. The molecule has 0 amide bonds. The monoisotopic (exact) mass is 402 g/mol. The second kappa shape index (κ2) is 7.76. The standard InChI is InChI=1S/C21H18N6OS/c1-12(22)17(16-8-3-4-9-23-16)21-26-18(19(29-21)20-24-11-25-27-20)15-7-5-6-14(10-15)13(2)28/h3-11H,22H2,1-2H3,(H,24,25,27). The molecule has 0 saturated heterocycles. The molecule has 144 valence electrons. The molecule has 8 heteroatoms. The Kier molecular flexibility index (Phi) is 5.01. The van der Waals surface area contributed by atoms with Crippen LogP contribution in [-0.2, 0) is 0 Å². The molecule has 0 unspecified atom stereocenters. The fraction of sp³-hybridized carbons (Fsp3) is 0.0952. The van der Waals surface area contributed by atoms with Gasteiger partial charge in [-0.15, -0.1) is 11.3 Å².